The number of thiazole rings is 1. The van der Waals surface area contributed by atoms with Gasteiger partial charge >= 0.3 is 18.1 Å². The van der Waals surface area contributed by atoms with Crippen LogP contribution in [-0.4, -0.2) is 51.1 Å². The van der Waals surface area contributed by atoms with Gasteiger partial charge in [-0.15, -0.1) is 11.3 Å². The first-order chi connectivity index (χ1) is 15.9. The lowest BCUT2D eigenvalue weighted by atomic mass is 10.1. The minimum atomic E-state index is -5.22. The van der Waals surface area contributed by atoms with Crippen LogP contribution in [0, 0.1) is 6.92 Å². The van der Waals surface area contributed by atoms with Crippen molar-refractivity contribution in [2.75, 3.05) is 18.0 Å². The van der Waals surface area contributed by atoms with Crippen LogP contribution in [0.4, 0.5) is 19.0 Å². The van der Waals surface area contributed by atoms with Gasteiger partial charge in [-0.3, -0.25) is 9.89 Å². The van der Waals surface area contributed by atoms with E-state index in [1.807, 2.05) is 18.4 Å². The van der Waals surface area contributed by atoms with Gasteiger partial charge in [-0.2, -0.15) is 18.3 Å². The largest absolute Gasteiger partial charge is 0.491 e. The van der Waals surface area contributed by atoms with Crippen molar-refractivity contribution in [3.8, 4) is 0 Å². The summed E-state index contributed by atoms with van der Waals surface area (Å²) in [7, 11) is 0. The van der Waals surface area contributed by atoms with E-state index in [2.05, 4.69) is 31.7 Å². The number of carbonyl (C=O) groups excluding carboxylic acids is 2. The SMILES string of the molecule is CCCCCCCN(CCc1csc(SC(C)(C)C(=O)OC(=O)C(F)(F)F)n1)c1cc(C)[nH]n1. The molecule has 2 rings (SSSR count). The normalized spacial score (nSPS) is 12.1. The summed E-state index contributed by atoms with van der Waals surface area (Å²) in [6.07, 6.45) is 1.29. The lowest BCUT2D eigenvalue weighted by Crippen LogP contribution is -2.36. The minimum absolute atomic E-state index is 0.512. The van der Waals surface area contributed by atoms with E-state index >= 15 is 0 Å². The number of H-pyrrole nitrogens is 1. The maximum atomic E-state index is 12.4. The Labute approximate surface area is 205 Å². The number of aromatic amines is 1. The molecule has 2 aromatic heterocycles. The number of hydrogen-bond acceptors (Lipinski definition) is 8. The Morgan fingerprint density at radius 1 is 1.15 bits per heavy atom. The van der Waals surface area contributed by atoms with Gasteiger partial charge in [0.25, 0.3) is 0 Å². The Kier molecular flexibility index (Phi) is 10.4. The molecule has 2 heterocycles. The third-order valence-corrected chi connectivity index (χ3v) is 7.13. The van der Waals surface area contributed by atoms with Gasteiger partial charge in [0.05, 0.1) is 5.69 Å². The third kappa shape index (κ3) is 8.94. The van der Waals surface area contributed by atoms with Crippen molar-refractivity contribution in [2.45, 2.75) is 81.5 Å². The first-order valence-corrected chi connectivity index (χ1v) is 12.9. The second-order valence-corrected chi connectivity index (χ2v) is 11.2. The number of aryl methyl sites for hydroxylation is 1. The average Bonchev–Trinajstić information content (AvgIpc) is 3.37. The van der Waals surface area contributed by atoms with Crippen molar-refractivity contribution in [1.82, 2.24) is 15.2 Å². The number of nitrogens with one attached hydrogen (secondary N) is 1. The summed E-state index contributed by atoms with van der Waals surface area (Å²) in [4.78, 5) is 29.8. The number of alkyl halides is 3. The molecular weight excluding hydrogens is 489 g/mol. The molecule has 1 N–H and O–H groups in total. The lowest BCUT2D eigenvalue weighted by Gasteiger charge is -2.22. The average molecular weight is 521 g/mol. The Morgan fingerprint density at radius 2 is 1.85 bits per heavy atom. The zero-order valence-corrected chi connectivity index (χ0v) is 21.5. The molecule has 0 unspecified atom stereocenters. The molecule has 0 atom stereocenters. The van der Waals surface area contributed by atoms with Crippen LogP contribution in [-0.2, 0) is 20.7 Å². The van der Waals surface area contributed by atoms with Crippen molar-refractivity contribution >= 4 is 40.9 Å². The molecule has 0 spiro atoms. The topological polar surface area (TPSA) is 88.2 Å². The van der Waals surface area contributed by atoms with Crippen LogP contribution >= 0.6 is 23.1 Å². The quantitative estimate of drug-likeness (QED) is 0.157. The molecule has 34 heavy (non-hydrogen) atoms. The van der Waals surface area contributed by atoms with Gasteiger partial charge < -0.3 is 9.64 Å². The van der Waals surface area contributed by atoms with Gasteiger partial charge in [0.2, 0.25) is 0 Å². The summed E-state index contributed by atoms with van der Waals surface area (Å²) >= 11 is 2.26. The maximum Gasteiger partial charge on any atom is 0.491 e. The summed E-state index contributed by atoms with van der Waals surface area (Å²) in [5, 5.41) is 9.21. The molecule has 0 aliphatic heterocycles. The van der Waals surface area contributed by atoms with Crippen LogP contribution < -0.4 is 4.90 Å². The van der Waals surface area contributed by atoms with Gasteiger partial charge in [0.1, 0.15) is 4.75 Å². The van der Waals surface area contributed by atoms with Crippen molar-refractivity contribution < 1.29 is 27.5 Å². The highest BCUT2D eigenvalue weighted by Gasteiger charge is 2.45. The summed E-state index contributed by atoms with van der Waals surface area (Å²) in [5.41, 5.74) is 1.79. The van der Waals surface area contributed by atoms with E-state index < -0.39 is 22.9 Å². The minimum Gasteiger partial charge on any atom is -0.385 e. The lowest BCUT2D eigenvalue weighted by molar-refractivity contribution is -0.202. The summed E-state index contributed by atoms with van der Waals surface area (Å²) < 4.78 is 40.2. The predicted molar refractivity (Wildman–Crippen MR) is 127 cm³/mol. The van der Waals surface area contributed by atoms with E-state index in [0.29, 0.717) is 17.3 Å². The van der Waals surface area contributed by atoms with E-state index in [4.69, 9.17) is 0 Å². The van der Waals surface area contributed by atoms with E-state index in [-0.39, 0.29) is 0 Å². The van der Waals surface area contributed by atoms with Gasteiger partial charge in [-0.05, 0) is 27.2 Å². The molecule has 0 fully saturated rings. The summed E-state index contributed by atoms with van der Waals surface area (Å²) in [6.45, 7) is 8.51. The smallest absolute Gasteiger partial charge is 0.385 e. The van der Waals surface area contributed by atoms with Crippen molar-refractivity contribution in [3.05, 3.63) is 22.8 Å². The highest BCUT2D eigenvalue weighted by Crippen LogP contribution is 2.36. The molecular formula is C22H31F3N4O3S2. The number of ether oxygens (including phenoxy) is 1. The number of esters is 2. The Hall–Kier alpha value is -2.08. The summed E-state index contributed by atoms with van der Waals surface area (Å²) in [5.74, 6) is -2.90. The molecule has 7 nitrogen and oxygen atoms in total. The van der Waals surface area contributed by atoms with E-state index in [0.717, 1.165) is 48.4 Å². The van der Waals surface area contributed by atoms with Crippen LogP contribution in [0.3, 0.4) is 0 Å². The fourth-order valence-corrected chi connectivity index (χ4v) is 5.30. The fraction of sp³-hybridized carbons (Fsp3) is 0.636. The van der Waals surface area contributed by atoms with E-state index in [9.17, 15) is 22.8 Å². The number of thioether (sulfide) groups is 1. The standard InChI is InChI=1S/C22H31F3N4O3S2/c1-5-6-7-8-9-11-29(17-13-15(2)27-28-17)12-10-16-14-33-20(26-16)34-21(3,4)18(30)32-19(31)22(23,24)25/h13-14H,5-12H2,1-4H3,(H,27,28). The first kappa shape index (κ1) is 28.2. The maximum absolute atomic E-state index is 12.4. The van der Waals surface area contributed by atoms with Crippen molar-refractivity contribution in [3.63, 3.8) is 0 Å². The summed E-state index contributed by atoms with van der Waals surface area (Å²) in [6, 6.07) is 2.00. The number of unbranched alkanes of at least 4 members (excludes halogenated alkanes) is 4. The van der Waals surface area contributed by atoms with Crippen LogP contribution in [0.25, 0.3) is 0 Å². The molecule has 0 amide bonds. The molecule has 0 bridgehead atoms. The molecule has 12 heteroatoms. The number of hydrogen-bond donors (Lipinski definition) is 1. The van der Waals surface area contributed by atoms with E-state index in [1.165, 1.54) is 44.4 Å². The molecule has 0 aliphatic carbocycles. The molecule has 0 radical (unpaired) electrons. The Bertz CT molecular complexity index is 944. The van der Waals surface area contributed by atoms with Gasteiger partial charge in [-0.1, -0.05) is 44.4 Å². The highest BCUT2D eigenvalue weighted by atomic mass is 32.2. The van der Waals surface area contributed by atoms with Crippen LogP contribution in [0.2, 0.25) is 0 Å². The number of carbonyl (C=O) groups is 2. The molecule has 2 aromatic rings. The predicted octanol–water partition coefficient (Wildman–Crippen LogP) is 5.70. The van der Waals surface area contributed by atoms with Gasteiger partial charge in [0.15, 0.2) is 10.2 Å². The van der Waals surface area contributed by atoms with Crippen molar-refractivity contribution in [1.29, 1.82) is 0 Å². The Morgan fingerprint density at radius 3 is 2.47 bits per heavy atom. The van der Waals surface area contributed by atoms with Crippen LogP contribution in [0.1, 0.15) is 64.3 Å². The molecule has 0 saturated heterocycles. The second kappa shape index (κ2) is 12.6. The zero-order chi connectivity index (χ0) is 25.4. The number of halogens is 3. The third-order valence-electron chi connectivity index (χ3n) is 4.97. The molecule has 0 aliphatic rings. The molecule has 0 saturated carbocycles. The van der Waals surface area contributed by atoms with Crippen LogP contribution in [0.5, 0.6) is 0 Å². The van der Waals surface area contributed by atoms with Gasteiger partial charge in [-0.25, -0.2) is 9.78 Å². The molecule has 0 aromatic carbocycles. The van der Waals surface area contributed by atoms with E-state index in [1.54, 1.807) is 0 Å². The number of anilines is 1. The second-order valence-electron chi connectivity index (χ2n) is 8.45. The monoisotopic (exact) mass is 520 g/mol. The zero-order valence-electron chi connectivity index (χ0n) is 19.8. The Balaban J connectivity index is 1.94. The van der Waals surface area contributed by atoms with Crippen molar-refractivity contribution in [2.24, 2.45) is 0 Å². The number of nitrogens with zero attached hydrogens (tertiary/aromatic N) is 3. The molecule has 190 valence electrons. The first-order valence-electron chi connectivity index (χ1n) is 11.2. The number of rotatable bonds is 13. The number of aromatic nitrogens is 3. The van der Waals surface area contributed by atoms with Crippen LogP contribution in [0.15, 0.2) is 15.8 Å². The fourth-order valence-electron chi connectivity index (χ4n) is 3.04. The van der Waals surface area contributed by atoms with Gasteiger partial charge in [0, 0.05) is 36.7 Å². The highest BCUT2D eigenvalue weighted by molar-refractivity contribution is 8.03.